The molecule has 0 bridgehead atoms. The summed E-state index contributed by atoms with van der Waals surface area (Å²) in [5, 5.41) is 0.0496. The van der Waals surface area contributed by atoms with E-state index in [9.17, 15) is 9.59 Å². The third-order valence-electron chi connectivity index (χ3n) is 6.42. The molecule has 1 aliphatic rings. The van der Waals surface area contributed by atoms with Gasteiger partial charge in [-0.3, -0.25) is 14.3 Å². The number of aromatic nitrogens is 4. The zero-order chi connectivity index (χ0) is 25.9. The monoisotopic (exact) mass is 503 g/mol. The van der Waals surface area contributed by atoms with Crippen LogP contribution in [0.15, 0.2) is 60.0 Å². The van der Waals surface area contributed by atoms with E-state index in [1.54, 1.807) is 23.8 Å². The summed E-state index contributed by atoms with van der Waals surface area (Å²) >= 11 is 0. The summed E-state index contributed by atoms with van der Waals surface area (Å²) in [5.41, 5.74) is 0.866. The summed E-state index contributed by atoms with van der Waals surface area (Å²) in [6, 6.07) is 6.50. The van der Waals surface area contributed by atoms with Gasteiger partial charge < -0.3 is 14.4 Å². The predicted octanol–water partition coefficient (Wildman–Crippen LogP) is 3.85. The number of nitrogens with zero attached hydrogens (tertiary/aromatic N) is 5. The molecule has 0 amide bonds. The molecular formula is C27H26FN5O4. The van der Waals surface area contributed by atoms with Crippen molar-refractivity contribution in [2.75, 3.05) is 24.7 Å². The molecule has 0 spiro atoms. The van der Waals surface area contributed by atoms with E-state index in [-0.39, 0.29) is 23.6 Å². The lowest BCUT2D eigenvalue weighted by molar-refractivity contribution is 0.0524. The second-order valence-electron chi connectivity index (χ2n) is 8.77. The highest BCUT2D eigenvalue weighted by molar-refractivity contribution is 5.95. The number of carbonyl (C=O) groups excluding carboxylic acids is 1. The minimum Gasteiger partial charge on any atom is -0.475 e. The first-order chi connectivity index (χ1) is 18.0. The quantitative estimate of drug-likeness (QED) is 0.351. The molecule has 1 fully saturated rings. The van der Waals surface area contributed by atoms with E-state index >= 15 is 4.39 Å². The lowest BCUT2D eigenvalue weighted by Gasteiger charge is -2.28. The van der Waals surface area contributed by atoms with Gasteiger partial charge in [0.25, 0.3) is 0 Å². The van der Waals surface area contributed by atoms with Crippen LogP contribution >= 0.6 is 0 Å². The number of esters is 1. The van der Waals surface area contributed by atoms with Gasteiger partial charge in [-0.1, -0.05) is 6.07 Å². The van der Waals surface area contributed by atoms with Crippen LogP contribution in [0.4, 0.5) is 10.1 Å². The molecular weight excluding hydrogens is 477 g/mol. The van der Waals surface area contributed by atoms with Crippen LogP contribution in [0, 0.1) is 12.7 Å². The summed E-state index contributed by atoms with van der Waals surface area (Å²) in [5.74, 6) is -0.408. The van der Waals surface area contributed by atoms with Crippen LogP contribution in [0.25, 0.3) is 16.7 Å². The average molecular weight is 504 g/mol. The number of benzene rings is 1. The molecule has 0 aliphatic carbocycles. The minimum atomic E-state index is -0.780. The Morgan fingerprint density at radius 2 is 2.08 bits per heavy atom. The van der Waals surface area contributed by atoms with Gasteiger partial charge in [-0.15, -0.1) is 0 Å². The second-order valence-corrected chi connectivity index (χ2v) is 8.77. The van der Waals surface area contributed by atoms with Gasteiger partial charge in [0.1, 0.15) is 18.0 Å². The van der Waals surface area contributed by atoms with Crippen LogP contribution in [0.1, 0.15) is 35.7 Å². The van der Waals surface area contributed by atoms with Crippen molar-refractivity contribution < 1.29 is 18.7 Å². The maximum Gasteiger partial charge on any atom is 0.343 e. The van der Waals surface area contributed by atoms with Crippen LogP contribution in [0.5, 0.6) is 5.88 Å². The van der Waals surface area contributed by atoms with Gasteiger partial charge in [-0.25, -0.2) is 19.2 Å². The number of rotatable bonds is 7. The molecule has 190 valence electrons. The van der Waals surface area contributed by atoms with Crippen molar-refractivity contribution in [1.82, 2.24) is 19.5 Å². The maximum atomic E-state index is 15.6. The maximum absolute atomic E-state index is 15.6. The Morgan fingerprint density at radius 3 is 2.84 bits per heavy atom. The molecule has 1 aromatic carbocycles. The van der Waals surface area contributed by atoms with Gasteiger partial charge in [0.05, 0.1) is 35.4 Å². The van der Waals surface area contributed by atoms with Crippen molar-refractivity contribution in [3.8, 4) is 11.7 Å². The number of hydrogen-bond acceptors (Lipinski definition) is 8. The smallest absolute Gasteiger partial charge is 0.343 e. The Bertz CT molecular complexity index is 1510. The van der Waals surface area contributed by atoms with Crippen LogP contribution in [-0.4, -0.2) is 51.3 Å². The molecule has 5 rings (SSSR count). The number of aryl methyl sites for hydroxylation is 1. The lowest BCUT2D eigenvalue weighted by Crippen LogP contribution is -2.35. The van der Waals surface area contributed by atoms with Gasteiger partial charge in [0.15, 0.2) is 5.82 Å². The first-order valence-corrected chi connectivity index (χ1v) is 12.1. The molecule has 1 aliphatic heterocycles. The Labute approximate surface area is 212 Å². The van der Waals surface area contributed by atoms with E-state index in [4.69, 9.17) is 9.47 Å². The number of hydrogen-bond donors (Lipinski definition) is 0. The molecule has 9 nitrogen and oxygen atoms in total. The van der Waals surface area contributed by atoms with Gasteiger partial charge in [0, 0.05) is 36.9 Å². The number of ether oxygens (including phenoxy) is 2. The van der Waals surface area contributed by atoms with Crippen LogP contribution in [0.2, 0.25) is 0 Å². The first-order valence-electron chi connectivity index (χ1n) is 12.1. The Hall–Kier alpha value is -4.34. The normalized spacial score (nSPS) is 15.2. The number of halogens is 1. The van der Waals surface area contributed by atoms with Gasteiger partial charge in [0.2, 0.25) is 11.3 Å². The number of anilines is 1. The zero-order valence-corrected chi connectivity index (χ0v) is 20.6. The summed E-state index contributed by atoms with van der Waals surface area (Å²) in [6.07, 6.45) is 9.26. The van der Waals surface area contributed by atoms with E-state index < -0.39 is 17.2 Å². The van der Waals surface area contributed by atoms with E-state index in [1.807, 2.05) is 24.0 Å². The van der Waals surface area contributed by atoms with Crippen molar-refractivity contribution in [2.24, 2.45) is 0 Å². The summed E-state index contributed by atoms with van der Waals surface area (Å²) < 4.78 is 28.2. The minimum absolute atomic E-state index is 0.0496. The molecule has 1 saturated heterocycles. The molecule has 10 heteroatoms. The molecule has 0 N–H and O–H groups in total. The highest BCUT2D eigenvalue weighted by Crippen LogP contribution is 2.32. The third kappa shape index (κ3) is 4.74. The van der Waals surface area contributed by atoms with Gasteiger partial charge >= 0.3 is 5.97 Å². The molecule has 0 unspecified atom stereocenters. The summed E-state index contributed by atoms with van der Waals surface area (Å²) in [7, 11) is 0. The molecule has 3 aromatic heterocycles. The summed E-state index contributed by atoms with van der Waals surface area (Å²) in [6.45, 7) is 4.65. The largest absolute Gasteiger partial charge is 0.475 e. The third-order valence-corrected chi connectivity index (χ3v) is 6.42. The second kappa shape index (κ2) is 10.3. The predicted molar refractivity (Wildman–Crippen MR) is 136 cm³/mol. The molecule has 37 heavy (non-hydrogen) atoms. The standard InChI is InChI=1S/C27H26FN5O4/c1-3-36-27(35)20-15-33(24-14-29-9-10-30-24)22-13-23(21(28)12-19(22)25(20)34)32-11-5-7-18(32)16-37-26-17(2)6-4-8-31-26/h4,6,8-10,12-15,18H,3,5,7,11,16H2,1-2H3/t18-/m1/s1. The molecule has 4 heterocycles. The van der Waals surface area contributed by atoms with Crippen molar-refractivity contribution in [3.05, 3.63) is 82.4 Å². The highest BCUT2D eigenvalue weighted by atomic mass is 19.1. The number of pyridine rings is 2. The molecule has 0 radical (unpaired) electrons. The first kappa shape index (κ1) is 24.4. The van der Waals surface area contributed by atoms with Crippen molar-refractivity contribution in [3.63, 3.8) is 0 Å². The van der Waals surface area contributed by atoms with Crippen LogP contribution in [0.3, 0.4) is 0 Å². The molecule has 4 aromatic rings. The lowest BCUT2D eigenvalue weighted by atomic mass is 10.1. The fourth-order valence-electron chi connectivity index (χ4n) is 4.64. The van der Waals surface area contributed by atoms with E-state index in [0.29, 0.717) is 36.1 Å². The fraction of sp³-hybridized carbons (Fsp3) is 0.296. The molecule has 1 atom stereocenters. The van der Waals surface area contributed by atoms with Gasteiger partial charge in [-0.05, 0) is 44.9 Å². The zero-order valence-electron chi connectivity index (χ0n) is 20.6. The Balaban J connectivity index is 1.58. The fourth-order valence-corrected chi connectivity index (χ4v) is 4.64. The summed E-state index contributed by atoms with van der Waals surface area (Å²) in [4.78, 5) is 40.4. The number of fused-ring (bicyclic) bond motifs is 1. The van der Waals surface area contributed by atoms with Crippen molar-refractivity contribution in [2.45, 2.75) is 32.7 Å². The van der Waals surface area contributed by atoms with E-state index in [0.717, 1.165) is 18.4 Å². The van der Waals surface area contributed by atoms with E-state index in [2.05, 4.69) is 15.0 Å². The van der Waals surface area contributed by atoms with Gasteiger partial charge in [-0.2, -0.15) is 0 Å². The Kier molecular flexibility index (Phi) is 6.80. The SMILES string of the molecule is CCOC(=O)c1cn(-c2cnccn2)c2cc(N3CCC[C@@H]3COc3ncccc3C)c(F)cc2c1=O. The van der Waals surface area contributed by atoms with Crippen LogP contribution < -0.4 is 15.1 Å². The number of carbonyl (C=O) groups is 1. The molecule has 0 saturated carbocycles. The topological polar surface area (TPSA) is 99.4 Å². The van der Waals surface area contributed by atoms with E-state index in [1.165, 1.54) is 30.9 Å². The van der Waals surface area contributed by atoms with Crippen LogP contribution in [-0.2, 0) is 4.74 Å². The van der Waals surface area contributed by atoms with Crippen molar-refractivity contribution in [1.29, 1.82) is 0 Å². The van der Waals surface area contributed by atoms with Crippen molar-refractivity contribution >= 4 is 22.6 Å². The Morgan fingerprint density at radius 1 is 1.22 bits per heavy atom. The highest BCUT2D eigenvalue weighted by Gasteiger charge is 2.29. The average Bonchev–Trinajstić information content (AvgIpc) is 3.37.